The highest BCUT2D eigenvalue weighted by molar-refractivity contribution is 5.86. The number of nitrogens with two attached hydrogens (primary N) is 1. The lowest BCUT2D eigenvalue weighted by molar-refractivity contribution is 0.0530. The molecule has 0 aliphatic carbocycles. The molecule has 3 rings (SSSR count). The van der Waals surface area contributed by atoms with Crippen LogP contribution in [-0.2, 0) is 11.8 Å². The van der Waals surface area contributed by atoms with Gasteiger partial charge in [0.15, 0.2) is 5.65 Å². The molecule has 0 saturated carbocycles. The van der Waals surface area contributed by atoms with Crippen LogP contribution in [0.2, 0.25) is 0 Å². The number of aromatic nitrogens is 4. The van der Waals surface area contributed by atoms with Crippen molar-refractivity contribution in [2.75, 3.05) is 30.8 Å². The first-order valence-corrected chi connectivity index (χ1v) is 7.01. The molecule has 7 nitrogen and oxygen atoms in total. The minimum Gasteiger partial charge on any atom is -0.383 e. The maximum absolute atomic E-state index is 5.92. The predicted octanol–water partition coefficient (Wildman–Crippen LogP) is 1.17. The zero-order valence-corrected chi connectivity index (χ0v) is 11.7. The van der Waals surface area contributed by atoms with Crippen LogP contribution in [0.4, 0.5) is 11.8 Å². The van der Waals surface area contributed by atoms with Gasteiger partial charge in [-0.05, 0) is 25.2 Å². The topological polar surface area (TPSA) is 90.9 Å². The van der Waals surface area contributed by atoms with Crippen molar-refractivity contribution < 1.29 is 4.74 Å². The van der Waals surface area contributed by atoms with Crippen molar-refractivity contribution in [3.05, 3.63) is 6.20 Å². The van der Waals surface area contributed by atoms with Crippen molar-refractivity contribution >= 4 is 22.8 Å². The Bertz CT molecular complexity index is 590. The van der Waals surface area contributed by atoms with E-state index in [2.05, 4.69) is 20.4 Å². The Hall–Kier alpha value is -1.89. The second-order valence-electron chi connectivity index (χ2n) is 5.24. The van der Waals surface area contributed by atoms with Crippen LogP contribution in [0.3, 0.4) is 0 Å². The summed E-state index contributed by atoms with van der Waals surface area (Å²) < 4.78 is 7.18. The molecule has 1 atom stereocenters. The second kappa shape index (κ2) is 5.62. The summed E-state index contributed by atoms with van der Waals surface area (Å²) in [4.78, 5) is 8.71. The molecule has 20 heavy (non-hydrogen) atoms. The van der Waals surface area contributed by atoms with Gasteiger partial charge in [0.1, 0.15) is 5.82 Å². The van der Waals surface area contributed by atoms with Crippen LogP contribution < -0.4 is 11.1 Å². The molecule has 0 spiro atoms. The standard InChI is InChI=1S/C13H20N6O/c1-19-12-10(7-16-19)11(14)17-13(18-12)15-5-4-9-3-2-6-20-8-9/h7,9H,2-6,8H2,1H3,(H3,14,15,17,18). The van der Waals surface area contributed by atoms with E-state index in [1.807, 2.05) is 7.05 Å². The Kier molecular flexibility index (Phi) is 3.68. The summed E-state index contributed by atoms with van der Waals surface area (Å²) in [5, 5.41) is 8.17. The fourth-order valence-electron chi connectivity index (χ4n) is 2.55. The zero-order chi connectivity index (χ0) is 13.9. The van der Waals surface area contributed by atoms with Gasteiger partial charge in [-0.1, -0.05) is 0 Å². The first-order valence-electron chi connectivity index (χ1n) is 7.01. The number of aryl methyl sites for hydroxylation is 1. The molecule has 3 heterocycles. The van der Waals surface area contributed by atoms with E-state index in [1.54, 1.807) is 10.9 Å². The molecule has 1 saturated heterocycles. The van der Waals surface area contributed by atoms with Gasteiger partial charge < -0.3 is 15.8 Å². The summed E-state index contributed by atoms with van der Waals surface area (Å²) >= 11 is 0. The summed E-state index contributed by atoms with van der Waals surface area (Å²) in [7, 11) is 1.85. The van der Waals surface area contributed by atoms with Crippen molar-refractivity contribution in [1.82, 2.24) is 19.7 Å². The Morgan fingerprint density at radius 3 is 3.20 bits per heavy atom. The lowest BCUT2D eigenvalue weighted by Gasteiger charge is -2.21. The summed E-state index contributed by atoms with van der Waals surface area (Å²) in [5.41, 5.74) is 6.67. The van der Waals surface area contributed by atoms with Crippen LogP contribution in [0, 0.1) is 5.92 Å². The van der Waals surface area contributed by atoms with Crippen LogP contribution in [0.1, 0.15) is 19.3 Å². The minimum atomic E-state index is 0.464. The van der Waals surface area contributed by atoms with Gasteiger partial charge in [-0.3, -0.25) is 4.68 Å². The van der Waals surface area contributed by atoms with Crippen molar-refractivity contribution in [2.45, 2.75) is 19.3 Å². The van der Waals surface area contributed by atoms with Crippen molar-refractivity contribution in [3.8, 4) is 0 Å². The van der Waals surface area contributed by atoms with Crippen LogP contribution in [0.25, 0.3) is 11.0 Å². The van der Waals surface area contributed by atoms with Crippen LogP contribution >= 0.6 is 0 Å². The molecule has 2 aromatic heterocycles. The van der Waals surface area contributed by atoms with E-state index in [9.17, 15) is 0 Å². The Labute approximate surface area is 117 Å². The highest BCUT2D eigenvalue weighted by Gasteiger charge is 2.14. The number of hydrogen-bond donors (Lipinski definition) is 2. The first-order chi connectivity index (χ1) is 9.74. The van der Waals surface area contributed by atoms with Gasteiger partial charge in [0.05, 0.1) is 11.6 Å². The molecule has 2 aromatic rings. The van der Waals surface area contributed by atoms with Gasteiger partial charge in [-0.15, -0.1) is 0 Å². The molecule has 3 N–H and O–H groups in total. The number of fused-ring (bicyclic) bond motifs is 1. The van der Waals surface area contributed by atoms with Gasteiger partial charge in [-0.25, -0.2) is 0 Å². The number of nitrogen functional groups attached to an aromatic ring is 1. The van der Waals surface area contributed by atoms with E-state index < -0.39 is 0 Å². The van der Waals surface area contributed by atoms with Crippen LogP contribution in [-0.4, -0.2) is 39.5 Å². The number of nitrogens with zero attached hydrogens (tertiary/aromatic N) is 4. The largest absolute Gasteiger partial charge is 0.383 e. The highest BCUT2D eigenvalue weighted by atomic mass is 16.5. The quantitative estimate of drug-likeness (QED) is 0.871. The van der Waals surface area contributed by atoms with Crippen molar-refractivity contribution in [2.24, 2.45) is 13.0 Å². The Morgan fingerprint density at radius 2 is 2.40 bits per heavy atom. The predicted molar refractivity (Wildman–Crippen MR) is 77.4 cm³/mol. The first kappa shape index (κ1) is 13.1. The molecular formula is C13H20N6O. The molecule has 108 valence electrons. The SMILES string of the molecule is Cn1ncc2c(N)nc(NCCC3CCCOC3)nc21. The number of nitrogens with one attached hydrogen (secondary N) is 1. The lowest BCUT2D eigenvalue weighted by Crippen LogP contribution is -2.20. The monoisotopic (exact) mass is 276 g/mol. The molecule has 7 heteroatoms. The Balaban J connectivity index is 1.63. The molecule has 0 aromatic carbocycles. The van der Waals surface area contributed by atoms with Gasteiger partial charge in [0.2, 0.25) is 5.95 Å². The molecule has 1 aliphatic rings. The van der Waals surface area contributed by atoms with Crippen molar-refractivity contribution in [3.63, 3.8) is 0 Å². The van der Waals surface area contributed by atoms with Crippen LogP contribution in [0.15, 0.2) is 6.20 Å². The number of anilines is 2. The molecule has 1 unspecified atom stereocenters. The van der Waals surface area contributed by atoms with E-state index in [0.717, 1.165) is 43.6 Å². The number of hydrogen-bond acceptors (Lipinski definition) is 6. The summed E-state index contributed by atoms with van der Waals surface area (Å²) in [5.74, 6) is 1.66. The smallest absolute Gasteiger partial charge is 0.226 e. The second-order valence-corrected chi connectivity index (χ2v) is 5.24. The third kappa shape index (κ3) is 2.67. The summed E-state index contributed by atoms with van der Waals surface area (Å²) in [6.07, 6.45) is 5.15. The van der Waals surface area contributed by atoms with Gasteiger partial charge in [0.25, 0.3) is 0 Å². The molecule has 0 radical (unpaired) electrons. The zero-order valence-electron chi connectivity index (χ0n) is 11.7. The van der Waals surface area contributed by atoms with Gasteiger partial charge >= 0.3 is 0 Å². The maximum atomic E-state index is 5.92. The van der Waals surface area contributed by atoms with E-state index in [-0.39, 0.29) is 0 Å². The highest BCUT2D eigenvalue weighted by Crippen LogP contribution is 2.19. The summed E-state index contributed by atoms with van der Waals surface area (Å²) in [6.45, 7) is 2.60. The molecule has 0 bridgehead atoms. The van der Waals surface area contributed by atoms with Gasteiger partial charge in [-0.2, -0.15) is 15.1 Å². The fraction of sp³-hybridized carbons (Fsp3) is 0.615. The molecule has 0 amide bonds. The summed E-state index contributed by atoms with van der Waals surface area (Å²) in [6, 6.07) is 0. The third-order valence-corrected chi connectivity index (χ3v) is 3.71. The average molecular weight is 276 g/mol. The number of rotatable bonds is 4. The minimum absolute atomic E-state index is 0.464. The Morgan fingerprint density at radius 1 is 1.50 bits per heavy atom. The number of ether oxygens (including phenoxy) is 1. The van der Waals surface area contributed by atoms with E-state index in [0.29, 0.717) is 17.7 Å². The lowest BCUT2D eigenvalue weighted by atomic mass is 9.99. The maximum Gasteiger partial charge on any atom is 0.226 e. The normalized spacial score (nSPS) is 19.4. The molecule has 1 fully saturated rings. The van der Waals surface area contributed by atoms with E-state index >= 15 is 0 Å². The molecule has 1 aliphatic heterocycles. The fourth-order valence-corrected chi connectivity index (χ4v) is 2.55. The van der Waals surface area contributed by atoms with Gasteiger partial charge in [0, 0.05) is 26.8 Å². The van der Waals surface area contributed by atoms with E-state index in [1.165, 1.54) is 6.42 Å². The van der Waals surface area contributed by atoms with Crippen molar-refractivity contribution in [1.29, 1.82) is 0 Å². The average Bonchev–Trinajstić information content (AvgIpc) is 2.82. The third-order valence-electron chi connectivity index (χ3n) is 3.71. The molecular weight excluding hydrogens is 256 g/mol. The van der Waals surface area contributed by atoms with Crippen LogP contribution in [0.5, 0.6) is 0 Å². The van der Waals surface area contributed by atoms with E-state index in [4.69, 9.17) is 10.5 Å².